The highest BCUT2D eigenvalue weighted by atomic mass is 16.1. The minimum Gasteiger partial charge on any atom is -0.356 e. The zero-order valence-electron chi connectivity index (χ0n) is 10.2. The molecular weight excluding hydrogens is 188 g/mol. The molecule has 1 aliphatic rings. The number of carbonyl (C=O) groups is 1. The SMILES string of the molecule is CNCCCNC(=O)C1CCCC1(C)C. The van der Waals surface area contributed by atoms with Crippen molar-refractivity contribution in [1.29, 1.82) is 0 Å². The molecular formula is C12H24N2O. The third-order valence-electron chi connectivity index (χ3n) is 3.48. The molecule has 15 heavy (non-hydrogen) atoms. The van der Waals surface area contributed by atoms with E-state index in [0.29, 0.717) is 0 Å². The number of amides is 1. The zero-order chi connectivity index (χ0) is 11.3. The lowest BCUT2D eigenvalue weighted by Crippen LogP contribution is -2.37. The lowest BCUT2D eigenvalue weighted by molar-refractivity contribution is -0.127. The van der Waals surface area contributed by atoms with Crippen LogP contribution in [0.3, 0.4) is 0 Å². The van der Waals surface area contributed by atoms with Crippen LogP contribution in [0, 0.1) is 11.3 Å². The van der Waals surface area contributed by atoms with E-state index in [9.17, 15) is 4.79 Å². The Morgan fingerprint density at radius 1 is 1.40 bits per heavy atom. The molecule has 0 spiro atoms. The maximum absolute atomic E-state index is 11.9. The van der Waals surface area contributed by atoms with E-state index in [2.05, 4.69) is 24.5 Å². The quantitative estimate of drug-likeness (QED) is 0.679. The summed E-state index contributed by atoms with van der Waals surface area (Å²) in [4.78, 5) is 11.9. The van der Waals surface area contributed by atoms with Crippen LogP contribution in [0.2, 0.25) is 0 Å². The van der Waals surface area contributed by atoms with Crippen LogP contribution >= 0.6 is 0 Å². The molecule has 88 valence electrons. The van der Waals surface area contributed by atoms with Gasteiger partial charge in [-0.25, -0.2) is 0 Å². The second-order valence-corrected chi connectivity index (χ2v) is 5.18. The Labute approximate surface area is 93.0 Å². The first-order valence-corrected chi connectivity index (χ1v) is 6.00. The Morgan fingerprint density at radius 3 is 2.67 bits per heavy atom. The summed E-state index contributed by atoms with van der Waals surface area (Å²) in [6, 6.07) is 0. The lowest BCUT2D eigenvalue weighted by atomic mass is 9.81. The Balaban J connectivity index is 2.28. The topological polar surface area (TPSA) is 41.1 Å². The summed E-state index contributed by atoms with van der Waals surface area (Å²) in [7, 11) is 1.93. The second kappa shape index (κ2) is 5.50. The molecule has 1 aliphatic carbocycles. The van der Waals surface area contributed by atoms with Gasteiger partial charge in [-0.15, -0.1) is 0 Å². The van der Waals surface area contributed by atoms with Crippen LogP contribution in [0.15, 0.2) is 0 Å². The summed E-state index contributed by atoms with van der Waals surface area (Å²) >= 11 is 0. The van der Waals surface area contributed by atoms with Gasteiger partial charge in [0.1, 0.15) is 0 Å². The van der Waals surface area contributed by atoms with Crippen LogP contribution in [0.5, 0.6) is 0 Å². The van der Waals surface area contributed by atoms with E-state index < -0.39 is 0 Å². The highest BCUT2D eigenvalue weighted by molar-refractivity contribution is 5.79. The Kier molecular flexibility index (Phi) is 4.58. The molecule has 2 N–H and O–H groups in total. The summed E-state index contributed by atoms with van der Waals surface area (Å²) in [6.07, 6.45) is 4.45. The van der Waals surface area contributed by atoms with Gasteiger partial charge in [0.2, 0.25) is 5.91 Å². The van der Waals surface area contributed by atoms with E-state index >= 15 is 0 Å². The standard InChI is InChI=1S/C12H24N2O/c1-12(2)7-4-6-10(12)11(15)14-9-5-8-13-3/h10,13H,4-9H2,1-3H3,(H,14,15). The Bertz CT molecular complexity index is 214. The molecule has 1 saturated carbocycles. The third kappa shape index (κ3) is 3.49. The predicted octanol–water partition coefficient (Wildman–Crippen LogP) is 1.54. The molecule has 0 aromatic heterocycles. The lowest BCUT2D eigenvalue weighted by Gasteiger charge is -2.25. The molecule has 1 atom stereocenters. The van der Waals surface area contributed by atoms with Gasteiger partial charge in [-0.3, -0.25) is 4.79 Å². The van der Waals surface area contributed by atoms with Crippen molar-refractivity contribution in [2.45, 2.75) is 39.5 Å². The maximum Gasteiger partial charge on any atom is 0.223 e. The highest BCUT2D eigenvalue weighted by Gasteiger charge is 2.38. The van der Waals surface area contributed by atoms with Crippen molar-refractivity contribution < 1.29 is 4.79 Å². The molecule has 0 heterocycles. The van der Waals surface area contributed by atoms with Crippen LogP contribution in [0.1, 0.15) is 39.5 Å². The van der Waals surface area contributed by atoms with Gasteiger partial charge in [-0.05, 0) is 38.3 Å². The Morgan fingerprint density at radius 2 is 2.13 bits per heavy atom. The van der Waals surface area contributed by atoms with E-state index in [0.717, 1.165) is 25.9 Å². The number of nitrogens with one attached hydrogen (secondary N) is 2. The smallest absolute Gasteiger partial charge is 0.223 e. The number of rotatable bonds is 5. The molecule has 1 fully saturated rings. The van der Waals surface area contributed by atoms with E-state index in [1.54, 1.807) is 0 Å². The van der Waals surface area contributed by atoms with E-state index in [1.807, 2.05) is 7.05 Å². The van der Waals surface area contributed by atoms with Gasteiger partial charge in [0, 0.05) is 12.5 Å². The average molecular weight is 212 g/mol. The number of carbonyl (C=O) groups excluding carboxylic acids is 1. The molecule has 1 unspecified atom stereocenters. The minimum absolute atomic E-state index is 0.201. The first kappa shape index (κ1) is 12.5. The van der Waals surface area contributed by atoms with Crippen molar-refractivity contribution in [2.75, 3.05) is 20.1 Å². The molecule has 0 radical (unpaired) electrons. The van der Waals surface area contributed by atoms with Crippen molar-refractivity contribution in [3.8, 4) is 0 Å². The van der Waals surface area contributed by atoms with Gasteiger partial charge in [-0.2, -0.15) is 0 Å². The van der Waals surface area contributed by atoms with E-state index in [4.69, 9.17) is 0 Å². The molecule has 0 bridgehead atoms. The molecule has 1 amide bonds. The van der Waals surface area contributed by atoms with Gasteiger partial charge >= 0.3 is 0 Å². The summed E-state index contributed by atoms with van der Waals surface area (Å²) < 4.78 is 0. The van der Waals surface area contributed by atoms with Crippen molar-refractivity contribution >= 4 is 5.91 Å². The highest BCUT2D eigenvalue weighted by Crippen LogP contribution is 2.42. The number of hydrogen-bond acceptors (Lipinski definition) is 2. The van der Waals surface area contributed by atoms with Crippen LogP contribution in [-0.2, 0) is 4.79 Å². The summed E-state index contributed by atoms with van der Waals surface area (Å²) in [5, 5.41) is 6.11. The molecule has 3 heteroatoms. The first-order chi connectivity index (χ1) is 7.08. The summed E-state index contributed by atoms with van der Waals surface area (Å²) in [5.74, 6) is 0.487. The monoisotopic (exact) mass is 212 g/mol. The van der Waals surface area contributed by atoms with Gasteiger partial charge in [-0.1, -0.05) is 20.3 Å². The normalized spacial score (nSPS) is 24.1. The van der Waals surface area contributed by atoms with E-state index in [-0.39, 0.29) is 17.2 Å². The fourth-order valence-corrected chi connectivity index (χ4v) is 2.41. The second-order valence-electron chi connectivity index (χ2n) is 5.18. The van der Waals surface area contributed by atoms with Gasteiger partial charge in [0.25, 0.3) is 0 Å². The van der Waals surface area contributed by atoms with Crippen molar-refractivity contribution in [2.24, 2.45) is 11.3 Å². The molecule has 1 rings (SSSR count). The van der Waals surface area contributed by atoms with Crippen molar-refractivity contribution in [3.63, 3.8) is 0 Å². The van der Waals surface area contributed by atoms with Gasteiger partial charge in [0.15, 0.2) is 0 Å². The minimum atomic E-state index is 0.201. The van der Waals surface area contributed by atoms with Crippen LogP contribution in [0.25, 0.3) is 0 Å². The van der Waals surface area contributed by atoms with Crippen LogP contribution in [0.4, 0.5) is 0 Å². The maximum atomic E-state index is 11.9. The van der Waals surface area contributed by atoms with E-state index in [1.165, 1.54) is 12.8 Å². The largest absolute Gasteiger partial charge is 0.356 e. The van der Waals surface area contributed by atoms with Crippen molar-refractivity contribution in [3.05, 3.63) is 0 Å². The summed E-state index contributed by atoms with van der Waals surface area (Å²) in [5.41, 5.74) is 0.201. The molecule has 0 aromatic rings. The zero-order valence-corrected chi connectivity index (χ0v) is 10.2. The number of hydrogen-bond donors (Lipinski definition) is 2. The summed E-state index contributed by atoms with van der Waals surface area (Å²) in [6.45, 7) is 6.18. The molecule has 0 aliphatic heterocycles. The van der Waals surface area contributed by atoms with Gasteiger partial charge < -0.3 is 10.6 Å². The van der Waals surface area contributed by atoms with Gasteiger partial charge in [0.05, 0.1) is 0 Å². The fourth-order valence-electron chi connectivity index (χ4n) is 2.41. The fraction of sp³-hybridized carbons (Fsp3) is 0.917. The van der Waals surface area contributed by atoms with Crippen LogP contribution < -0.4 is 10.6 Å². The Hall–Kier alpha value is -0.570. The van der Waals surface area contributed by atoms with Crippen molar-refractivity contribution in [1.82, 2.24) is 10.6 Å². The molecule has 0 saturated heterocycles. The molecule has 0 aromatic carbocycles. The third-order valence-corrected chi connectivity index (χ3v) is 3.48. The predicted molar refractivity (Wildman–Crippen MR) is 62.7 cm³/mol. The average Bonchev–Trinajstić information content (AvgIpc) is 2.52. The first-order valence-electron chi connectivity index (χ1n) is 6.00. The van der Waals surface area contributed by atoms with Crippen LogP contribution in [-0.4, -0.2) is 26.0 Å². The molecule has 3 nitrogen and oxygen atoms in total.